The van der Waals surface area contributed by atoms with Gasteiger partial charge in [0.2, 0.25) is 0 Å². The van der Waals surface area contributed by atoms with E-state index in [4.69, 9.17) is 0 Å². The Morgan fingerprint density at radius 2 is 2.32 bits per heavy atom. The van der Waals surface area contributed by atoms with Crippen LogP contribution in [-0.4, -0.2) is 38.5 Å². The zero-order valence-electron chi connectivity index (χ0n) is 14.2. The molecule has 0 radical (unpaired) electrons. The van der Waals surface area contributed by atoms with Gasteiger partial charge in [0.05, 0.1) is 19.3 Å². The Balaban J connectivity index is 1.36. The minimum Gasteiger partial charge on any atom is -0.351 e. The molecule has 1 aromatic carbocycles. The van der Waals surface area contributed by atoms with E-state index in [1.807, 2.05) is 36.0 Å². The van der Waals surface area contributed by atoms with Crippen LogP contribution in [0.25, 0.3) is 10.9 Å². The molecule has 1 saturated heterocycles. The van der Waals surface area contributed by atoms with Crippen LogP contribution in [-0.2, 0) is 13.1 Å². The third-order valence-corrected chi connectivity index (χ3v) is 4.61. The molecule has 1 aliphatic rings. The first-order chi connectivity index (χ1) is 12.2. The molecule has 0 spiro atoms. The van der Waals surface area contributed by atoms with Crippen molar-refractivity contribution < 1.29 is 4.79 Å². The predicted octanol–water partition coefficient (Wildman–Crippen LogP) is 1.75. The fourth-order valence-corrected chi connectivity index (χ4v) is 3.29. The molecule has 7 heteroatoms. The number of aromatic nitrogens is 4. The van der Waals surface area contributed by atoms with E-state index < -0.39 is 0 Å². The van der Waals surface area contributed by atoms with Crippen molar-refractivity contribution in [3.63, 3.8) is 0 Å². The van der Waals surface area contributed by atoms with E-state index in [1.54, 1.807) is 0 Å². The van der Waals surface area contributed by atoms with Gasteiger partial charge in [0.15, 0.2) is 0 Å². The van der Waals surface area contributed by atoms with Crippen molar-refractivity contribution in [2.24, 2.45) is 0 Å². The van der Waals surface area contributed by atoms with Crippen molar-refractivity contribution in [2.45, 2.75) is 38.9 Å². The van der Waals surface area contributed by atoms with Gasteiger partial charge in [-0.25, -0.2) is 0 Å². The van der Waals surface area contributed by atoms with Gasteiger partial charge in [-0.1, -0.05) is 16.8 Å². The van der Waals surface area contributed by atoms with Crippen LogP contribution < -0.4 is 10.6 Å². The Bertz CT molecular complexity index is 890. The lowest BCUT2D eigenvalue weighted by atomic mass is 10.2. The molecule has 0 unspecified atom stereocenters. The third-order valence-electron chi connectivity index (χ3n) is 4.61. The van der Waals surface area contributed by atoms with Gasteiger partial charge in [0, 0.05) is 16.9 Å². The summed E-state index contributed by atoms with van der Waals surface area (Å²) in [5.74, 6) is -0.138. The molecule has 0 saturated carbocycles. The molecule has 1 aliphatic heterocycles. The van der Waals surface area contributed by atoms with E-state index in [0.717, 1.165) is 29.7 Å². The standard InChI is InChI=1S/C18H22N6O/c1-12-4-5-16-13(7-12)8-17(21-16)18(25)20-9-15-11-24(23-22-15)10-14-3-2-6-19-14/h4-5,7-8,11,14,19,21H,2-3,6,9-10H2,1H3,(H,20,25)/t14-/m0/s1. The second-order valence-corrected chi connectivity index (χ2v) is 6.68. The number of fused-ring (bicyclic) bond motifs is 1. The molecule has 7 nitrogen and oxygen atoms in total. The average Bonchev–Trinajstić information content (AvgIpc) is 3.33. The zero-order chi connectivity index (χ0) is 17.2. The molecule has 1 fully saturated rings. The highest BCUT2D eigenvalue weighted by Crippen LogP contribution is 2.17. The normalized spacial score (nSPS) is 17.2. The van der Waals surface area contributed by atoms with Crippen LogP contribution in [0.1, 0.15) is 34.6 Å². The topological polar surface area (TPSA) is 87.6 Å². The van der Waals surface area contributed by atoms with Gasteiger partial charge >= 0.3 is 0 Å². The van der Waals surface area contributed by atoms with E-state index in [1.165, 1.54) is 18.4 Å². The lowest BCUT2D eigenvalue weighted by Crippen LogP contribution is -2.27. The number of H-pyrrole nitrogens is 1. The molecule has 4 rings (SSSR count). The largest absolute Gasteiger partial charge is 0.351 e. The molecular formula is C18H22N6O. The number of benzene rings is 1. The average molecular weight is 338 g/mol. The number of carbonyl (C=O) groups is 1. The van der Waals surface area contributed by atoms with Crippen molar-refractivity contribution in [2.75, 3.05) is 6.54 Å². The van der Waals surface area contributed by atoms with Crippen molar-refractivity contribution in [1.29, 1.82) is 0 Å². The number of aromatic amines is 1. The number of carbonyl (C=O) groups excluding carboxylic acids is 1. The maximum Gasteiger partial charge on any atom is 0.268 e. The van der Waals surface area contributed by atoms with E-state index in [0.29, 0.717) is 18.3 Å². The highest BCUT2D eigenvalue weighted by atomic mass is 16.1. The summed E-state index contributed by atoms with van der Waals surface area (Å²) in [5, 5.41) is 15.7. The van der Waals surface area contributed by atoms with Crippen LogP contribution in [0.5, 0.6) is 0 Å². The van der Waals surface area contributed by atoms with Gasteiger partial charge in [0.1, 0.15) is 11.4 Å². The van der Waals surface area contributed by atoms with Crippen LogP contribution in [0.4, 0.5) is 0 Å². The number of nitrogens with zero attached hydrogens (tertiary/aromatic N) is 3. The first-order valence-corrected chi connectivity index (χ1v) is 8.67. The van der Waals surface area contributed by atoms with Crippen LogP contribution in [0, 0.1) is 6.92 Å². The van der Waals surface area contributed by atoms with Crippen LogP contribution >= 0.6 is 0 Å². The minimum absolute atomic E-state index is 0.138. The fraction of sp³-hybridized carbons (Fsp3) is 0.389. The second-order valence-electron chi connectivity index (χ2n) is 6.68. The van der Waals surface area contributed by atoms with Crippen molar-refractivity contribution in [3.05, 3.63) is 47.4 Å². The summed E-state index contributed by atoms with van der Waals surface area (Å²) in [6, 6.07) is 8.42. The smallest absolute Gasteiger partial charge is 0.268 e. The molecule has 0 aliphatic carbocycles. The third kappa shape index (κ3) is 3.56. The monoisotopic (exact) mass is 338 g/mol. The number of hydrogen-bond acceptors (Lipinski definition) is 4. The molecule has 3 N–H and O–H groups in total. The van der Waals surface area contributed by atoms with Gasteiger partial charge in [-0.15, -0.1) is 5.10 Å². The van der Waals surface area contributed by atoms with E-state index in [-0.39, 0.29) is 5.91 Å². The molecule has 0 bridgehead atoms. The number of hydrogen-bond donors (Lipinski definition) is 3. The van der Waals surface area contributed by atoms with Crippen LogP contribution in [0.15, 0.2) is 30.5 Å². The number of aryl methyl sites for hydroxylation is 1. The lowest BCUT2D eigenvalue weighted by Gasteiger charge is -2.08. The molecule has 25 heavy (non-hydrogen) atoms. The van der Waals surface area contributed by atoms with Crippen molar-refractivity contribution >= 4 is 16.8 Å². The first kappa shape index (κ1) is 15.8. The number of nitrogens with one attached hydrogen (secondary N) is 3. The zero-order valence-corrected chi connectivity index (χ0v) is 14.2. The summed E-state index contributed by atoms with van der Waals surface area (Å²) in [6.07, 6.45) is 4.28. The Hall–Kier alpha value is -2.67. The Labute approximate surface area is 145 Å². The molecule has 130 valence electrons. The maximum atomic E-state index is 12.4. The van der Waals surface area contributed by atoms with E-state index in [2.05, 4.69) is 32.0 Å². The molecular weight excluding hydrogens is 316 g/mol. The first-order valence-electron chi connectivity index (χ1n) is 8.67. The Morgan fingerprint density at radius 1 is 1.40 bits per heavy atom. The Kier molecular flexibility index (Phi) is 4.23. The van der Waals surface area contributed by atoms with E-state index in [9.17, 15) is 4.79 Å². The molecule has 3 aromatic rings. The molecule has 1 atom stereocenters. The minimum atomic E-state index is -0.138. The van der Waals surface area contributed by atoms with Crippen molar-refractivity contribution in [3.8, 4) is 0 Å². The summed E-state index contributed by atoms with van der Waals surface area (Å²) in [7, 11) is 0. The van der Waals surface area contributed by atoms with Gasteiger partial charge < -0.3 is 15.6 Å². The van der Waals surface area contributed by atoms with Gasteiger partial charge in [-0.3, -0.25) is 9.48 Å². The Morgan fingerprint density at radius 3 is 3.16 bits per heavy atom. The summed E-state index contributed by atoms with van der Waals surface area (Å²) < 4.78 is 1.84. The van der Waals surface area contributed by atoms with Gasteiger partial charge in [-0.2, -0.15) is 0 Å². The summed E-state index contributed by atoms with van der Waals surface area (Å²) in [4.78, 5) is 15.5. The molecule has 3 heterocycles. The van der Waals surface area contributed by atoms with Crippen LogP contribution in [0.3, 0.4) is 0 Å². The summed E-state index contributed by atoms with van der Waals surface area (Å²) in [5.41, 5.74) is 3.46. The molecule has 2 aromatic heterocycles. The summed E-state index contributed by atoms with van der Waals surface area (Å²) >= 11 is 0. The highest BCUT2D eigenvalue weighted by Gasteiger charge is 2.15. The van der Waals surface area contributed by atoms with Gasteiger partial charge in [0.25, 0.3) is 5.91 Å². The SMILES string of the molecule is Cc1ccc2[nH]c(C(=O)NCc3cn(C[C@@H]4CCCN4)nn3)cc2c1. The number of amides is 1. The lowest BCUT2D eigenvalue weighted by molar-refractivity contribution is 0.0946. The van der Waals surface area contributed by atoms with Crippen molar-refractivity contribution in [1.82, 2.24) is 30.6 Å². The number of rotatable bonds is 5. The van der Waals surface area contributed by atoms with E-state index >= 15 is 0 Å². The second kappa shape index (κ2) is 6.68. The van der Waals surface area contributed by atoms with Gasteiger partial charge in [-0.05, 0) is 44.5 Å². The highest BCUT2D eigenvalue weighted by molar-refractivity contribution is 5.98. The summed E-state index contributed by atoms with van der Waals surface area (Å²) in [6.45, 7) is 4.30. The maximum absolute atomic E-state index is 12.4. The predicted molar refractivity (Wildman–Crippen MR) is 95.3 cm³/mol. The molecule has 1 amide bonds. The fourth-order valence-electron chi connectivity index (χ4n) is 3.29. The van der Waals surface area contributed by atoms with Crippen LogP contribution in [0.2, 0.25) is 0 Å². The quantitative estimate of drug-likeness (QED) is 0.661.